The Balaban J connectivity index is 0.000000183. The summed E-state index contributed by atoms with van der Waals surface area (Å²) < 4.78 is 75.7. The van der Waals surface area contributed by atoms with Gasteiger partial charge in [0.2, 0.25) is 0 Å². The zero-order valence-electron chi connectivity index (χ0n) is 62.5. The molecule has 3 fully saturated rings. The van der Waals surface area contributed by atoms with Crippen LogP contribution in [0.2, 0.25) is 20.1 Å². The molecule has 3 saturated heterocycles. The Bertz CT molecular complexity index is 4680. The van der Waals surface area contributed by atoms with E-state index in [2.05, 4.69) is 56.6 Å². The molecule has 0 amide bonds. The number of aromatic nitrogens is 3. The minimum Gasteiger partial charge on any atom is -0.481 e. The molecule has 0 radical (unpaired) electrons. The molecule has 0 aliphatic carbocycles. The minimum atomic E-state index is -3.33. The number of benzene rings is 3. The van der Waals surface area contributed by atoms with E-state index in [1.54, 1.807) is 80.3 Å². The number of hydrogen-bond donors (Lipinski definition) is 6. The molecule has 115 heavy (non-hydrogen) atoms. The number of thiazole rings is 3. The van der Waals surface area contributed by atoms with Crippen LogP contribution in [0.15, 0.2) is 143 Å². The molecular weight excluding hydrogens is 1710 g/mol. The number of alkyl halides is 2. The number of nitrogens with zero attached hydrogens (tertiary/aromatic N) is 9. The number of morpholine rings is 3. The number of amidine groups is 3. The molecule has 0 spiro atoms. The number of esters is 3. The third-order valence-electron chi connectivity index (χ3n) is 18.8. The molecule has 39 heteroatoms. The molecule has 9 heterocycles. The Labute approximate surface area is 699 Å². The van der Waals surface area contributed by atoms with Crippen molar-refractivity contribution in [3.63, 3.8) is 0 Å². The van der Waals surface area contributed by atoms with Crippen molar-refractivity contribution < 1.29 is 90.5 Å². The lowest BCUT2D eigenvalue weighted by Crippen LogP contribution is -2.52. The van der Waals surface area contributed by atoms with Crippen LogP contribution in [0.3, 0.4) is 0 Å². The van der Waals surface area contributed by atoms with Gasteiger partial charge in [-0.15, -0.1) is 34.0 Å². The van der Waals surface area contributed by atoms with E-state index in [9.17, 15) is 51.8 Å². The molecule has 6 aromatic rings. The van der Waals surface area contributed by atoms with Crippen molar-refractivity contribution in [3.8, 4) is 0 Å². The SMILES string of the molecule is CCOC(=O)C1=C(CN2CCO[C@H](CCC(=O)CC(=O)O)C2)NC(c2nccs2)=N[C@H]1c1ccc(Cl)cc1Cl.CCOC(=O)C1=C(CN2CCO[C@H](CCC(F)(F)CC(=O)O)C2)NC(c2nccs2)=N[C@H]1c1ccc(Cl)cc1Cl.COC(=O)C1=C(CN2CCO[C@@H](C)[C@@H]2CCC(=O)O)NC(c2nccs2)=N[C@H]1c1ccc(F)cc1Br. The minimum absolute atomic E-state index is 0.00216. The number of carboxylic acids is 3. The second-order valence-corrected chi connectivity index (χ2v) is 32.0. The van der Waals surface area contributed by atoms with Crippen molar-refractivity contribution in [1.29, 1.82) is 0 Å². The summed E-state index contributed by atoms with van der Waals surface area (Å²) in [5, 5.41) is 45.6. The van der Waals surface area contributed by atoms with Crippen molar-refractivity contribution in [2.24, 2.45) is 15.0 Å². The summed E-state index contributed by atoms with van der Waals surface area (Å²) in [5.74, 6) is -7.85. The summed E-state index contributed by atoms with van der Waals surface area (Å²) >= 11 is 33.0. The number of ether oxygens (including phenoxy) is 6. The number of halogens is 8. The van der Waals surface area contributed by atoms with Crippen LogP contribution in [-0.4, -0.2) is 227 Å². The maximum atomic E-state index is 14.0. The van der Waals surface area contributed by atoms with Gasteiger partial charge in [0.15, 0.2) is 32.5 Å². The molecular formula is C76H82BrCl4F3N12O16S3. The van der Waals surface area contributed by atoms with Crippen molar-refractivity contribution >= 4 is 155 Å². The average molecular weight is 1790 g/mol. The molecule has 6 N–H and O–H groups in total. The fourth-order valence-corrected chi connectivity index (χ4v) is 16.9. The van der Waals surface area contributed by atoms with Gasteiger partial charge in [0.05, 0.1) is 75.2 Å². The fraction of sp³-hybridized carbons (Fsp3) is 0.434. The van der Waals surface area contributed by atoms with E-state index in [1.165, 1.54) is 53.3 Å². The molecule has 12 rings (SSSR count). The first-order chi connectivity index (χ1) is 55.1. The predicted molar refractivity (Wildman–Crippen MR) is 430 cm³/mol. The Hall–Kier alpha value is -8.14. The van der Waals surface area contributed by atoms with Crippen LogP contribution in [0.4, 0.5) is 13.2 Å². The Morgan fingerprint density at radius 1 is 0.591 bits per heavy atom. The first-order valence-electron chi connectivity index (χ1n) is 36.4. The van der Waals surface area contributed by atoms with Crippen molar-refractivity contribution in [3.05, 3.63) is 185 Å². The molecule has 28 nitrogen and oxygen atoms in total. The standard InChI is InChI=1S/C26H28Cl2F2N4O5S.C26H28Cl2N4O6S.C24H26BrFN4O5S/c1-2-38-25(37)21-19(14-34-8-9-39-16(13-34)5-6-26(29,30)12-20(35)36)32-23(24-31-7-10-40-24)33-22(21)17-4-3-15(27)11-18(17)28;1-2-37-26(36)22-20(14-32-8-9-38-17(13-32)5-4-16(33)12-21(34)35)30-24(25-29-7-10-39-25)31-23(22)18-6-3-15(27)11-19(18)28;1-13-18(5-6-19(31)32)30(8-9-35-13)12-17-20(24(33)34-2)21(15-4-3-14(26)11-16(15)25)29-22(28-17)23-27-7-10-36-23/h3-4,7,10-11,16,22H,2,5-6,8-9,12-14H2,1H3,(H,32,33)(H,35,36);3,6-7,10-11,17,23H,2,4-5,8-9,12-14H2,1H3,(H,30,31)(H,34,35);3-4,7,10-11,13,18,21H,5-6,8-9,12H2,1-2H3,(H,28,29)(H,31,32)/t16-,22+;17-,23+;13-,18-,21-/m110/s1. The third kappa shape index (κ3) is 24.7. The first kappa shape index (κ1) is 89.2. The summed E-state index contributed by atoms with van der Waals surface area (Å²) in [7, 11) is 1.30. The number of carbonyl (C=O) groups excluding carboxylic acids is 4. The molecule has 3 aromatic carbocycles. The Morgan fingerprint density at radius 2 is 1.05 bits per heavy atom. The lowest BCUT2D eigenvalue weighted by Gasteiger charge is -2.41. The summed E-state index contributed by atoms with van der Waals surface area (Å²) in [4.78, 5) is 118. The molecule has 6 aliphatic heterocycles. The number of carboxylic acid groups (broad SMARTS) is 3. The van der Waals surface area contributed by atoms with Crippen LogP contribution >= 0.6 is 96.3 Å². The summed E-state index contributed by atoms with van der Waals surface area (Å²) in [5.41, 5.74) is 4.35. The van der Waals surface area contributed by atoms with Crippen LogP contribution in [0, 0.1) is 5.82 Å². The lowest BCUT2D eigenvalue weighted by molar-refractivity contribution is -0.146. The maximum absolute atomic E-state index is 14.0. The van der Waals surface area contributed by atoms with Crippen LogP contribution in [0.1, 0.15) is 122 Å². The number of ketones is 1. The largest absolute Gasteiger partial charge is 0.481 e. The zero-order chi connectivity index (χ0) is 82.6. The topological polar surface area (TPSA) is 357 Å². The molecule has 0 bridgehead atoms. The normalized spacial score (nSPS) is 20.8. The van der Waals surface area contributed by atoms with E-state index < -0.39 is 91.0 Å². The monoisotopic (exact) mass is 1790 g/mol. The highest BCUT2D eigenvalue weighted by Crippen LogP contribution is 2.42. The third-order valence-corrected chi connectivity index (χ3v) is 22.9. The highest BCUT2D eigenvalue weighted by molar-refractivity contribution is 9.10. The fourth-order valence-electron chi connectivity index (χ4n) is 13.5. The van der Waals surface area contributed by atoms with E-state index in [4.69, 9.17) is 100 Å². The number of aliphatic imine (C=N–C) groups is 3. The molecule has 616 valence electrons. The smallest absolute Gasteiger partial charge is 0.338 e. The van der Waals surface area contributed by atoms with E-state index in [1.807, 2.05) is 22.6 Å². The van der Waals surface area contributed by atoms with Crippen LogP contribution in [0.25, 0.3) is 0 Å². The van der Waals surface area contributed by atoms with Crippen molar-refractivity contribution in [1.82, 2.24) is 45.6 Å². The summed E-state index contributed by atoms with van der Waals surface area (Å²) in [6, 6.07) is 11.7. The molecule has 7 atom stereocenters. The van der Waals surface area contributed by atoms with Gasteiger partial charge in [0.1, 0.15) is 42.6 Å². The Morgan fingerprint density at radius 3 is 1.49 bits per heavy atom. The number of methoxy groups -OCH3 is 1. The summed E-state index contributed by atoms with van der Waals surface area (Å²) in [6.45, 7) is 10.2. The predicted octanol–water partition coefficient (Wildman–Crippen LogP) is 12.3. The second kappa shape index (κ2) is 42.3. The van der Waals surface area contributed by atoms with Crippen LogP contribution < -0.4 is 16.0 Å². The first-order valence-corrected chi connectivity index (χ1v) is 41.3. The quantitative estimate of drug-likeness (QED) is 0.0139. The van der Waals surface area contributed by atoms with E-state index in [-0.39, 0.29) is 75.2 Å². The average Bonchev–Trinajstić information content (AvgIpc) is 1.76. The van der Waals surface area contributed by atoms with E-state index in [0.717, 1.165) is 0 Å². The highest BCUT2D eigenvalue weighted by atomic mass is 79.9. The molecule has 6 aliphatic rings. The van der Waals surface area contributed by atoms with Gasteiger partial charge in [-0.05, 0) is 82.0 Å². The van der Waals surface area contributed by atoms with Gasteiger partial charge in [-0.25, -0.2) is 42.5 Å². The van der Waals surface area contributed by atoms with Crippen molar-refractivity contribution in [2.45, 2.75) is 121 Å². The molecule has 0 unspecified atom stereocenters. The van der Waals surface area contributed by atoms with Crippen LogP contribution in [-0.2, 0) is 62.0 Å². The lowest BCUT2D eigenvalue weighted by atomic mass is 9.94. The number of rotatable bonds is 30. The number of nitrogens with one attached hydrogen (secondary N) is 3. The number of aliphatic carboxylic acids is 3. The second-order valence-electron chi connectivity index (χ2n) is 26.7. The van der Waals surface area contributed by atoms with Gasteiger partial charge in [0.25, 0.3) is 5.92 Å². The van der Waals surface area contributed by atoms with Gasteiger partial charge in [-0.3, -0.25) is 48.9 Å². The van der Waals surface area contributed by atoms with Gasteiger partial charge in [-0.2, -0.15) is 0 Å². The zero-order valence-corrected chi connectivity index (χ0v) is 69.5. The summed E-state index contributed by atoms with van der Waals surface area (Å²) in [6.07, 6.45) is 2.62. The van der Waals surface area contributed by atoms with Gasteiger partial charge >= 0.3 is 35.8 Å². The number of Topliss-reactive ketones (excluding diaryl/α,β-unsaturated/α-hetero) is 1. The molecule has 0 saturated carbocycles. The Kier molecular flexibility index (Phi) is 32.8. The van der Waals surface area contributed by atoms with Gasteiger partial charge in [-0.1, -0.05) is 80.5 Å². The van der Waals surface area contributed by atoms with Gasteiger partial charge < -0.3 is 59.7 Å². The maximum Gasteiger partial charge on any atom is 0.338 e. The molecule has 3 aromatic heterocycles. The van der Waals surface area contributed by atoms with Crippen LogP contribution in [0.5, 0.6) is 0 Å². The van der Waals surface area contributed by atoms with Crippen molar-refractivity contribution in [2.75, 3.05) is 92.5 Å². The van der Waals surface area contributed by atoms with Gasteiger partial charge in [0, 0.05) is 165 Å². The highest BCUT2D eigenvalue weighted by Gasteiger charge is 2.41. The number of carbonyl (C=O) groups is 7. The van der Waals surface area contributed by atoms with E-state index in [0.29, 0.717) is 174 Å². The van der Waals surface area contributed by atoms with E-state index >= 15 is 0 Å². The number of hydrogen-bond acceptors (Lipinski definition) is 28.